The predicted molar refractivity (Wildman–Crippen MR) is 77.1 cm³/mol. The van der Waals surface area contributed by atoms with Crippen LogP contribution in [0.25, 0.3) is 0 Å². The van der Waals surface area contributed by atoms with E-state index in [1.54, 1.807) is 0 Å². The molecule has 2 fully saturated rings. The summed E-state index contributed by atoms with van der Waals surface area (Å²) in [5, 5.41) is 1.76. The Morgan fingerprint density at radius 1 is 1.24 bits per heavy atom. The molecular formula is C14H17BrClN. The lowest BCUT2D eigenvalue weighted by Gasteiger charge is -2.22. The Labute approximate surface area is 116 Å². The first-order valence-corrected chi connectivity index (χ1v) is 7.87. The molecule has 3 heteroatoms. The van der Waals surface area contributed by atoms with Gasteiger partial charge in [0.1, 0.15) is 0 Å². The van der Waals surface area contributed by atoms with Gasteiger partial charge < -0.3 is 4.90 Å². The molecule has 0 radical (unpaired) electrons. The van der Waals surface area contributed by atoms with Crippen molar-refractivity contribution >= 4 is 33.2 Å². The Morgan fingerprint density at radius 3 is 2.59 bits per heavy atom. The Balaban J connectivity index is 1.87. The summed E-state index contributed by atoms with van der Waals surface area (Å²) >= 11 is 9.70. The second-order valence-electron chi connectivity index (χ2n) is 5.26. The van der Waals surface area contributed by atoms with Crippen molar-refractivity contribution in [1.29, 1.82) is 0 Å². The number of nitrogens with zero attached hydrogens (tertiary/aromatic N) is 1. The van der Waals surface area contributed by atoms with Crippen LogP contribution in [0.2, 0.25) is 5.02 Å². The Bertz CT molecular complexity index is 409. The molecule has 0 spiro atoms. The Morgan fingerprint density at radius 2 is 1.94 bits per heavy atom. The van der Waals surface area contributed by atoms with E-state index in [9.17, 15) is 0 Å². The third-order valence-electron chi connectivity index (χ3n) is 4.26. The number of rotatable bonds is 2. The van der Waals surface area contributed by atoms with Gasteiger partial charge in [-0.3, -0.25) is 0 Å². The maximum atomic E-state index is 6.13. The van der Waals surface area contributed by atoms with Crippen molar-refractivity contribution in [3.63, 3.8) is 0 Å². The number of alkyl halides is 1. The summed E-state index contributed by atoms with van der Waals surface area (Å²) in [6, 6.07) is 6.25. The molecule has 1 nitrogen and oxygen atoms in total. The van der Waals surface area contributed by atoms with E-state index < -0.39 is 0 Å². The average molecular weight is 315 g/mol. The average Bonchev–Trinajstić information content (AvgIpc) is 2.88. The van der Waals surface area contributed by atoms with Crippen molar-refractivity contribution in [2.24, 2.45) is 11.8 Å². The van der Waals surface area contributed by atoms with Crippen LogP contribution < -0.4 is 4.90 Å². The van der Waals surface area contributed by atoms with E-state index in [-0.39, 0.29) is 0 Å². The quantitative estimate of drug-likeness (QED) is 0.728. The van der Waals surface area contributed by atoms with E-state index in [1.165, 1.54) is 43.6 Å². The van der Waals surface area contributed by atoms with Crippen molar-refractivity contribution in [2.75, 3.05) is 18.0 Å². The standard InChI is InChI=1S/C14H17BrClN/c15-7-10-4-5-13(16)6-14(10)17-8-11-2-1-3-12(11)9-17/h4-6,11-12H,1-3,7-9H2. The van der Waals surface area contributed by atoms with Gasteiger partial charge in [-0.05, 0) is 42.4 Å². The van der Waals surface area contributed by atoms with Crippen molar-refractivity contribution in [3.8, 4) is 0 Å². The molecule has 2 atom stereocenters. The van der Waals surface area contributed by atoms with Crippen LogP contribution in [0, 0.1) is 11.8 Å². The highest BCUT2D eigenvalue weighted by molar-refractivity contribution is 9.08. The first-order chi connectivity index (χ1) is 8.28. The molecule has 2 unspecified atom stereocenters. The molecule has 1 heterocycles. The van der Waals surface area contributed by atoms with Crippen LogP contribution in [0.1, 0.15) is 24.8 Å². The number of anilines is 1. The maximum absolute atomic E-state index is 6.13. The monoisotopic (exact) mass is 313 g/mol. The lowest BCUT2D eigenvalue weighted by Crippen LogP contribution is -2.21. The fraction of sp³-hybridized carbons (Fsp3) is 0.571. The van der Waals surface area contributed by atoms with Crippen LogP contribution in [0.4, 0.5) is 5.69 Å². The minimum absolute atomic E-state index is 0.849. The summed E-state index contributed by atoms with van der Waals surface area (Å²) in [7, 11) is 0. The highest BCUT2D eigenvalue weighted by Gasteiger charge is 2.36. The molecule has 1 saturated carbocycles. The van der Waals surface area contributed by atoms with Crippen molar-refractivity contribution in [2.45, 2.75) is 24.6 Å². The second-order valence-corrected chi connectivity index (χ2v) is 6.26. The zero-order chi connectivity index (χ0) is 11.8. The summed E-state index contributed by atoms with van der Waals surface area (Å²) in [5.74, 6) is 1.86. The van der Waals surface area contributed by atoms with Gasteiger partial charge in [-0.15, -0.1) is 0 Å². The smallest absolute Gasteiger partial charge is 0.0426 e. The molecule has 1 saturated heterocycles. The van der Waals surface area contributed by atoms with Gasteiger partial charge in [0.15, 0.2) is 0 Å². The van der Waals surface area contributed by atoms with Crippen LogP contribution >= 0.6 is 27.5 Å². The van der Waals surface area contributed by atoms with Crippen LogP contribution in [0.15, 0.2) is 18.2 Å². The molecule has 0 bridgehead atoms. The minimum Gasteiger partial charge on any atom is -0.371 e. The number of fused-ring (bicyclic) bond motifs is 1. The van der Waals surface area contributed by atoms with Gasteiger partial charge in [-0.1, -0.05) is 40.0 Å². The predicted octanol–water partition coefficient (Wildman–Crippen LogP) is 4.47. The van der Waals surface area contributed by atoms with Crippen LogP contribution in [0.3, 0.4) is 0 Å². The van der Waals surface area contributed by atoms with Gasteiger partial charge in [0.25, 0.3) is 0 Å². The molecule has 1 aromatic rings. The molecule has 1 aliphatic carbocycles. The summed E-state index contributed by atoms with van der Waals surface area (Å²) in [5.41, 5.74) is 2.69. The minimum atomic E-state index is 0.849. The van der Waals surface area contributed by atoms with E-state index in [0.29, 0.717) is 0 Å². The van der Waals surface area contributed by atoms with Crippen molar-refractivity contribution in [1.82, 2.24) is 0 Å². The van der Waals surface area contributed by atoms with Crippen LogP contribution in [-0.2, 0) is 5.33 Å². The first-order valence-electron chi connectivity index (χ1n) is 6.37. The molecule has 0 amide bonds. The molecule has 92 valence electrons. The summed E-state index contributed by atoms with van der Waals surface area (Å²) in [6.45, 7) is 2.45. The normalized spacial score (nSPS) is 27.5. The molecular weight excluding hydrogens is 298 g/mol. The van der Waals surface area contributed by atoms with E-state index in [1.807, 2.05) is 6.07 Å². The molecule has 3 rings (SSSR count). The first kappa shape index (κ1) is 11.9. The fourth-order valence-corrected chi connectivity index (χ4v) is 4.02. The summed E-state index contributed by atoms with van der Waals surface area (Å²) in [4.78, 5) is 2.54. The van der Waals surface area contributed by atoms with E-state index in [4.69, 9.17) is 11.6 Å². The van der Waals surface area contributed by atoms with Crippen LogP contribution in [0.5, 0.6) is 0 Å². The van der Waals surface area contributed by atoms with Gasteiger partial charge in [-0.25, -0.2) is 0 Å². The van der Waals surface area contributed by atoms with E-state index in [2.05, 4.69) is 33.0 Å². The van der Waals surface area contributed by atoms with E-state index >= 15 is 0 Å². The third-order valence-corrected chi connectivity index (χ3v) is 5.10. The largest absolute Gasteiger partial charge is 0.371 e. The van der Waals surface area contributed by atoms with Gasteiger partial charge in [0, 0.05) is 29.1 Å². The van der Waals surface area contributed by atoms with Gasteiger partial charge in [0.05, 0.1) is 0 Å². The summed E-state index contributed by atoms with van der Waals surface area (Å²) < 4.78 is 0. The number of hydrogen-bond donors (Lipinski definition) is 0. The molecule has 1 aliphatic heterocycles. The maximum Gasteiger partial charge on any atom is 0.0426 e. The SMILES string of the molecule is Clc1ccc(CBr)c(N2CC3CCCC3C2)c1. The molecule has 2 aliphatic rings. The zero-order valence-corrected chi connectivity index (χ0v) is 12.2. The van der Waals surface area contributed by atoms with Crippen molar-refractivity contribution in [3.05, 3.63) is 28.8 Å². The lowest BCUT2D eigenvalue weighted by atomic mass is 10.0. The second kappa shape index (κ2) is 4.81. The lowest BCUT2D eigenvalue weighted by molar-refractivity contribution is 0.494. The number of hydrogen-bond acceptors (Lipinski definition) is 1. The highest BCUT2D eigenvalue weighted by Crippen LogP contribution is 2.41. The third kappa shape index (κ3) is 2.22. The van der Waals surface area contributed by atoms with E-state index in [0.717, 1.165) is 22.2 Å². The van der Waals surface area contributed by atoms with Gasteiger partial charge in [0.2, 0.25) is 0 Å². The molecule has 0 N–H and O–H groups in total. The highest BCUT2D eigenvalue weighted by atomic mass is 79.9. The van der Waals surface area contributed by atoms with Gasteiger partial charge >= 0.3 is 0 Å². The molecule has 17 heavy (non-hydrogen) atoms. The van der Waals surface area contributed by atoms with Crippen LogP contribution in [-0.4, -0.2) is 13.1 Å². The molecule has 1 aromatic carbocycles. The number of halogens is 2. The topological polar surface area (TPSA) is 3.24 Å². The Kier molecular flexibility index (Phi) is 3.36. The zero-order valence-electron chi connectivity index (χ0n) is 9.83. The molecule has 0 aromatic heterocycles. The van der Waals surface area contributed by atoms with Crippen molar-refractivity contribution < 1.29 is 0 Å². The van der Waals surface area contributed by atoms with Gasteiger partial charge in [-0.2, -0.15) is 0 Å². The summed E-state index contributed by atoms with van der Waals surface area (Å²) in [6.07, 6.45) is 4.28. The number of benzene rings is 1. The fourth-order valence-electron chi connectivity index (χ4n) is 3.38. The Hall–Kier alpha value is -0.210.